The van der Waals surface area contributed by atoms with E-state index in [4.69, 9.17) is 11.6 Å². The number of hydrogen-bond donors (Lipinski definition) is 2. The Hall–Kier alpha value is -2.26. The first-order valence-corrected chi connectivity index (χ1v) is 9.88. The highest BCUT2D eigenvalue weighted by molar-refractivity contribution is 7.92. The number of carbonyl (C=O) groups excluding carboxylic acids is 1. The Morgan fingerprint density at radius 3 is 2.29 bits per heavy atom. The highest BCUT2D eigenvalue weighted by Gasteiger charge is 2.47. The van der Waals surface area contributed by atoms with E-state index in [0.717, 1.165) is 6.07 Å². The van der Waals surface area contributed by atoms with E-state index in [1.54, 1.807) is 19.1 Å². The second-order valence-electron chi connectivity index (χ2n) is 6.39. The number of aryl methyl sites for hydroxylation is 1. The molecule has 0 fully saturated rings. The van der Waals surface area contributed by atoms with E-state index in [1.807, 2.05) is 13.8 Å². The van der Waals surface area contributed by atoms with E-state index in [2.05, 4.69) is 5.32 Å². The van der Waals surface area contributed by atoms with E-state index >= 15 is 0 Å². The van der Waals surface area contributed by atoms with E-state index in [-0.39, 0.29) is 22.9 Å². The van der Waals surface area contributed by atoms with Gasteiger partial charge in [0.05, 0.1) is 21.2 Å². The molecule has 0 spiro atoms. The molecule has 0 aliphatic rings. The number of aromatic hydroxyl groups is 1. The van der Waals surface area contributed by atoms with Gasteiger partial charge in [0.25, 0.3) is 15.7 Å². The largest absolute Gasteiger partial charge is 0.507 e. The summed E-state index contributed by atoms with van der Waals surface area (Å²) in [6, 6.07) is 5.62. The predicted octanol–water partition coefficient (Wildman–Crippen LogP) is 5.02. The van der Waals surface area contributed by atoms with Crippen molar-refractivity contribution in [3.63, 3.8) is 0 Å². The molecule has 5 nitrogen and oxygen atoms in total. The minimum absolute atomic E-state index is 0.0121. The van der Waals surface area contributed by atoms with Crippen molar-refractivity contribution >= 4 is 33.0 Å². The van der Waals surface area contributed by atoms with Gasteiger partial charge >= 0.3 is 5.51 Å². The zero-order valence-electron chi connectivity index (χ0n) is 15.1. The van der Waals surface area contributed by atoms with Crippen molar-refractivity contribution in [2.45, 2.75) is 37.1 Å². The molecule has 10 heteroatoms. The van der Waals surface area contributed by atoms with Crippen molar-refractivity contribution < 1.29 is 31.5 Å². The van der Waals surface area contributed by atoms with Crippen LogP contribution in [-0.2, 0) is 9.84 Å². The first-order chi connectivity index (χ1) is 12.8. The van der Waals surface area contributed by atoms with Gasteiger partial charge in [0.1, 0.15) is 5.75 Å². The number of carbonyl (C=O) groups is 1. The molecule has 0 radical (unpaired) electrons. The lowest BCUT2D eigenvalue weighted by atomic mass is 9.94. The first-order valence-electron chi connectivity index (χ1n) is 8.02. The Balaban J connectivity index is 2.43. The molecule has 2 aromatic carbocycles. The smallest absolute Gasteiger partial charge is 0.501 e. The van der Waals surface area contributed by atoms with Crippen LogP contribution in [0.2, 0.25) is 5.02 Å². The quantitative estimate of drug-likeness (QED) is 0.706. The molecular formula is C18H17ClF3NO4S. The Morgan fingerprint density at radius 1 is 1.18 bits per heavy atom. The second kappa shape index (κ2) is 7.63. The SMILES string of the molecule is Cc1ccc(C(C)C)c(C(=O)Nc2ccc(S(=O)(=O)C(F)(F)F)cc2Cl)c1O. The van der Waals surface area contributed by atoms with Crippen LogP contribution in [0.25, 0.3) is 0 Å². The van der Waals surface area contributed by atoms with E-state index in [0.29, 0.717) is 23.3 Å². The Morgan fingerprint density at radius 2 is 1.79 bits per heavy atom. The lowest BCUT2D eigenvalue weighted by Gasteiger charge is -2.16. The lowest BCUT2D eigenvalue weighted by molar-refractivity contribution is -0.0436. The van der Waals surface area contributed by atoms with Gasteiger partial charge in [-0.15, -0.1) is 0 Å². The predicted molar refractivity (Wildman–Crippen MR) is 99.6 cm³/mol. The maximum absolute atomic E-state index is 12.7. The highest BCUT2D eigenvalue weighted by Crippen LogP contribution is 2.35. The van der Waals surface area contributed by atoms with Gasteiger partial charge in [-0.25, -0.2) is 8.42 Å². The third kappa shape index (κ3) is 4.10. The minimum atomic E-state index is -5.56. The molecule has 28 heavy (non-hydrogen) atoms. The summed E-state index contributed by atoms with van der Waals surface area (Å²) in [5, 5.41) is 12.3. The molecule has 0 bridgehead atoms. The van der Waals surface area contributed by atoms with Crippen LogP contribution in [-0.4, -0.2) is 24.9 Å². The highest BCUT2D eigenvalue weighted by atomic mass is 35.5. The fraction of sp³-hybridized carbons (Fsp3) is 0.278. The number of anilines is 1. The van der Waals surface area contributed by atoms with Crippen molar-refractivity contribution in [2.24, 2.45) is 0 Å². The Kier molecular flexibility index (Phi) is 6.01. The molecule has 0 heterocycles. The molecule has 152 valence electrons. The van der Waals surface area contributed by atoms with Gasteiger partial charge in [-0.3, -0.25) is 4.79 Å². The van der Waals surface area contributed by atoms with Crippen LogP contribution in [0.15, 0.2) is 35.2 Å². The van der Waals surface area contributed by atoms with Gasteiger partial charge in [-0.05, 0) is 42.2 Å². The molecule has 2 rings (SSSR count). The summed E-state index contributed by atoms with van der Waals surface area (Å²) in [6.45, 7) is 5.26. The maximum atomic E-state index is 12.7. The molecule has 2 aromatic rings. The van der Waals surface area contributed by atoms with Crippen LogP contribution in [0.1, 0.15) is 41.3 Å². The number of sulfone groups is 1. The summed E-state index contributed by atoms with van der Waals surface area (Å²) >= 11 is 5.88. The summed E-state index contributed by atoms with van der Waals surface area (Å²) in [5.41, 5.74) is -4.53. The normalized spacial score (nSPS) is 12.3. The van der Waals surface area contributed by atoms with Crippen molar-refractivity contribution in [1.29, 1.82) is 0 Å². The summed E-state index contributed by atoms with van der Waals surface area (Å²) in [7, 11) is -5.56. The van der Waals surface area contributed by atoms with E-state index in [9.17, 15) is 31.5 Å². The molecule has 0 aliphatic heterocycles. The van der Waals surface area contributed by atoms with Gasteiger partial charge in [0.15, 0.2) is 0 Å². The molecule has 1 amide bonds. The van der Waals surface area contributed by atoms with E-state index < -0.39 is 31.2 Å². The molecule has 0 saturated heterocycles. The third-order valence-corrected chi connectivity index (χ3v) is 5.86. The van der Waals surface area contributed by atoms with Crippen LogP contribution in [0, 0.1) is 6.92 Å². The van der Waals surface area contributed by atoms with Gasteiger partial charge in [0.2, 0.25) is 0 Å². The zero-order valence-corrected chi connectivity index (χ0v) is 16.6. The number of halogens is 4. The molecule has 0 aliphatic carbocycles. The summed E-state index contributed by atoms with van der Waals surface area (Å²) < 4.78 is 60.9. The summed E-state index contributed by atoms with van der Waals surface area (Å²) in [4.78, 5) is 11.6. The van der Waals surface area contributed by atoms with Gasteiger partial charge in [-0.2, -0.15) is 13.2 Å². The number of alkyl halides is 3. The summed E-state index contributed by atoms with van der Waals surface area (Å²) in [5.74, 6) is -1.05. The van der Waals surface area contributed by atoms with Crippen molar-refractivity contribution in [3.8, 4) is 5.75 Å². The molecule has 0 saturated carbocycles. The van der Waals surface area contributed by atoms with Crippen LogP contribution >= 0.6 is 11.6 Å². The third-order valence-electron chi connectivity index (χ3n) is 4.06. The Labute approximate surface area is 165 Å². The number of hydrogen-bond acceptors (Lipinski definition) is 4. The van der Waals surface area contributed by atoms with Gasteiger partial charge < -0.3 is 10.4 Å². The maximum Gasteiger partial charge on any atom is 0.501 e. The van der Waals surface area contributed by atoms with Crippen molar-refractivity contribution in [3.05, 3.63) is 52.0 Å². The number of benzene rings is 2. The fourth-order valence-electron chi connectivity index (χ4n) is 2.51. The molecule has 0 aromatic heterocycles. The number of phenolic OH excluding ortho intramolecular Hbond substituents is 1. The lowest BCUT2D eigenvalue weighted by Crippen LogP contribution is -2.23. The van der Waals surface area contributed by atoms with Crippen LogP contribution < -0.4 is 5.32 Å². The van der Waals surface area contributed by atoms with Crippen molar-refractivity contribution in [2.75, 3.05) is 5.32 Å². The van der Waals surface area contributed by atoms with Crippen LogP contribution in [0.4, 0.5) is 18.9 Å². The molecule has 0 atom stereocenters. The number of phenols is 1. The zero-order chi connectivity index (χ0) is 21.4. The Bertz CT molecular complexity index is 1030. The average Bonchev–Trinajstić information content (AvgIpc) is 2.57. The fourth-order valence-corrected chi connectivity index (χ4v) is 3.59. The second-order valence-corrected chi connectivity index (χ2v) is 8.74. The average molecular weight is 436 g/mol. The first kappa shape index (κ1) is 22.0. The number of nitrogens with one attached hydrogen (secondary N) is 1. The number of rotatable bonds is 4. The topological polar surface area (TPSA) is 83.5 Å². The summed E-state index contributed by atoms with van der Waals surface area (Å²) in [6.07, 6.45) is 0. The monoisotopic (exact) mass is 435 g/mol. The van der Waals surface area contributed by atoms with Gasteiger partial charge in [0, 0.05) is 0 Å². The van der Waals surface area contributed by atoms with Crippen LogP contribution in [0.3, 0.4) is 0 Å². The van der Waals surface area contributed by atoms with E-state index in [1.165, 1.54) is 0 Å². The molecule has 2 N–H and O–H groups in total. The standard InChI is InChI=1S/C18H17ClF3NO4S/c1-9(2)12-6-4-10(3)16(24)15(12)17(25)23-14-7-5-11(8-13(14)19)28(26,27)18(20,21)22/h4-9,24H,1-3H3,(H,23,25). The van der Waals surface area contributed by atoms with Gasteiger partial charge in [-0.1, -0.05) is 37.6 Å². The number of amides is 1. The van der Waals surface area contributed by atoms with Crippen LogP contribution in [0.5, 0.6) is 5.75 Å². The molecular weight excluding hydrogens is 419 g/mol. The molecule has 0 unspecified atom stereocenters. The minimum Gasteiger partial charge on any atom is -0.507 e. The van der Waals surface area contributed by atoms with Crippen molar-refractivity contribution in [1.82, 2.24) is 0 Å².